The molecule has 0 saturated carbocycles. The van der Waals surface area contributed by atoms with E-state index >= 15 is 0 Å². The minimum Gasteiger partial charge on any atom is -0.453 e. The van der Waals surface area contributed by atoms with Crippen LogP contribution in [0.4, 0.5) is 4.79 Å². The normalized spacial score (nSPS) is 11.3. The number of alkyl carbamates (subject to hydrolysis) is 1. The molecule has 0 aliphatic heterocycles. The zero-order valence-corrected chi connectivity index (χ0v) is 24.5. The predicted molar refractivity (Wildman–Crippen MR) is 146 cm³/mol. The molecule has 0 fully saturated rings. The van der Waals surface area contributed by atoms with Crippen LogP contribution in [-0.2, 0) is 33.4 Å². The third kappa shape index (κ3) is 22.7. The molecule has 226 valence electrons. The van der Waals surface area contributed by atoms with Crippen molar-refractivity contribution in [2.75, 3.05) is 53.0 Å². The lowest BCUT2D eigenvalue weighted by atomic mass is 10.0. The number of rotatable bonds is 21. The summed E-state index contributed by atoms with van der Waals surface area (Å²) >= 11 is 0. The summed E-state index contributed by atoms with van der Waals surface area (Å²) in [5, 5.41) is 13.0. The van der Waals surface area contributed by atoms with Crippen molar-refractivity contribution in [1.29, 1.82) is 0 Å². The van der Waals surface area contributed by atoms with Gasteiger partial charge >= 0.3 is 6.09 Å². The highest BCUT2D eigenvalue weighted by molar-refractivity contribution is 5.87. The van der Waals surface area contributed by atoms with Crippen LogP contribution in [0.1, 0.15) is 73.1 Å². The lowest BCUT2D eigenvalue weighted by Gasteiger charge is -2.30. The Hall–Kier alpha value is -2.93. The molecule has 0 saturated heterocycles. The predicted octanol–water partition coefficient (Wildman–Crippen LogP) is 0.758. The van der Waals surface area contributed by atoms with E-state index in [0.29, 0.717) is 52.1 Å². The van der Waals surface area contributed by atoms with E-state index in [1.54, 1.807) is 0 Å². The molecule has 0 atom stereocenters. The van der Waals surface area contributed by atoms with Crippen LogP contribution in [0.5, 0.6) is 0 Å². The quantitative estimate of drug-likeness (QED) is 0.128. The number of hydrogen-bond donors (Lipinski definition) is 5. The van der Waals surface area contributed by atoms with Gasteiger partial charge < -0.3 is 40.8 Å². The molecule has 13 nitrogen and oxygen atoms in total. The molecular weight excluding hydrogens is 510 g/mol. The van der Waals surface area contributed by atoms with Gasteiger partial charge in [-0.15, -0.1) is 0 Å². The van der Waals surface area contributed by atoms with E-state index < -0.39 is 23.2 Å². The fourth-order valence-electron chi connectivity index (χ4n) is 3.19. The number of hydrogen-bond acceptors (Lipinski definition) is 8. The van der Waals surface area contributed by atoms with E-state index in [4.69, 9.17) is 9.47 Å². The minimum absolute atomic E-state index is 0.000669. The maximum absolute atomic E-state index is 12.0. The molecule has 0 aliphatic rings. The average molecular weight is 560 g/mol. The fraction of sp³-hybridized carbons (Fsp3) is 0.808. The van der Waals surface area contributed by atoms with Gasteiger partial charge in [-0.3, -0.25) is 19.2 Å². The summed E-state index contributed by atoms with van der Waals surface area (Å²) in [6, 6.07) is 0. The second-order valence-corrected chi connectivity index (χ2v) is 10.3. The first kappa shape index (κ1) is 36.1. The molecule has 0 aromatic rings. The maximum Gasteiger partial charge on any atom is 0.406 e. The van der Waals surface area contributed by atoms with Gasteiger partial charge in [0.1, 0.15) is 0 Å². The summed E-state index contributed by atoms with van der Waals surface area (Å²) in [6.45, 7) is 10.9. The van der Waals surface area contributed by atoms with E-state index in [2.05, 4.69) is 31.3 Å². The Morgan fingerprint density at radius 1 is 0.615 bits per heavy atom. The van der Waals surface area contributed by atoms with Crippen LogP contribution in [0.2, 0.25) is 0 Å². The van der Waals surface area contributed by atoms with E-state index in [1.807, 2.05) is 27.7 Å². The average Bonchev–Trinajstić information content (AvgIpc) is 2.85. The summed E-state index contributed by atoms with van der Waals surface area (Å²) in [5.41, 5.74) is -0.880. The highest BCUT2D eigenvalue weighted by Crippen LogP contribution is 2.19. The molecule has 5 N–H and O–H groups in total. The Morgan fingerprint density at radius 2 is 1.21 bits per heavy atom. The number of nitrogens with one attached hydrogen (secondary N) is 5. The maximum atomic E-state index is 12.0. The molecule has 0 unspecified atom stereocenters. The molecular formula is C26H49N5O8. The number of carbonyl (C=O) groups is 5. The van der Waals surface area contributed by atoms with Gasteiger partial charge in [0.05, 0.1) is 44.6 Å². The Balaban J connectivity index is 3.92. The van der Waals surface area contributed by atoms with E-state index in [0.717, 1.165) is 19.3 Å². The Bertz CT molecular complexity index is 773. The highest BCUT2D eigenvalue weighted by Gasteiger charge is 2.23. The van der Waals surface area contributed by atoms with Gasteiger partial charge in [0.15, 0.2) is 0 Å². The second kappa shape index (κ2) is 20.0. The summed E-state index contributed by atoms with van der Waals surface area (Å²) in [6.07, 6.45) is 3.69. The lowest BCUT2D eigenvalue weighted by molar-refractivity contribution is -0.127. The minimum atomic E-state index is -0.464. The van der Waals surface area contributed by atoms with Crippen molar-refractivity contribution in [3.8, 4) is 0 Å². The molecule has 0 bridgehead atoms. The van der Waals surface area contributed by atoms with Crippen LogP contribution in [-0.4, -0.2) is 94.0 Å². The van der Waals surface area contributed by atoms with Crippen LogP contribution in [0.15, 0.2) is 0 Å². The number of methoxy groups -OCH3 is 1. The smallest absolute Gasteiger partial charge is 0.406 e. The molecule has 39 heavy (non-hydrogen) atoms. The third-order valence-electron chi connectivity index (χ3n) is 5.64. The Morgan fingerprint density at radius 3 is 1.87 bits per heavy atom. The molecule has 0 spiro atoms. The number of amides is 5. The van der Waals surface area contributed by atoms with Gasteiger partial charge in [-0.2, -0.15) is 0 Å². The van der Waals surface area contributed by atoms with Crippen LogP contribution < -0.4 is 26.6 Å². The number of ether oxygens (including phenoxy) is 3. The summed E-state index contributed by atoms with van der Waals surface area (Å²) in [7, 11) is 1.32. The van der Waals surface area contributed by atoms with Crippen molar-refractivity contribution < 1.29 is 38.2 Å². The van der Waals surface area contributed by atoms with Crippen LogP contribution >= 0.6 is 0 Å². The molecule has 0 aliphatic carbocycles. The van der Waals surface area contributed by atoms with Crippen LogP contribution in [0, 0.1) is 0 Å². The van der Waals surface area contributed by atoms with E-state index in [-0.39, 0.29) is 30.8 Å². The van der Waals surface area contributed by atoms with Crippen molar-refractivity contribution >= 4 is 29.7 Å². The van der Waals surface area contributed by atoms with Crippen molar-refractivity contribution in [3.63, 3.8) is 0 Å². The summed E-state index contributed by atoms with van der Waals surface area (Å²) < 4.78 is 16.4. The summed E-state index contributed by atoms with van der Waals surface area (Å²) in [5.74, 6) is -1.11. The molecule has 0 heterocycles. The number of unbranched alkanes of at least 4 members (excludes halogenated alkanes) is 2. The molecule has 13 heteroatoms. The third-order valence-corrected chi connectivity index (χ3v) is 5.64. The lowest BCUT2D eigenvalue weighted by Crippen LogP contribution is -2.42. The monoisotopic (exact) mass is 559 g/mol. The zero-order valence-electron chi connectivity index (χ0n) is 24.5. The van der Waals surface area contributed by atoms with E-state index in [1.165, 1.54) is 14.0 Å². The Kier molecular flexibility index (Phi) is 18.5. The standard InChI is InChI=1S/C26H49N5O8/c1-20(32)30-18-23(35)31-19-22(34)28-15-17-39-26(4,5)12-16-38-25(2,3)11-14-27-21(33)10-8-7-9-13-29-24(36)37-6/h7-19H2,1-6H3,(H,27,33)(H,28,34)(H,29,36)(H,30,32)(H,31,35). The van der Waals surface area contributed by atoms with Gasteiger partial charge in [-0.1, -0.05) is 6.42 Å². The SMILES string of the molecule is COC(=O)NCCCCCC(=O)NCCC(C)(C)OCCC(C)(C)OCCNC(=O)CNC(=O)CNC(C)=O. The highest BCUT2D eigenvalue weighted by atomic mass is 16.5. The molecule has 0 radical (unpaired) electrons. The Labute approximate surface area is 232 Å². The summed E-state index contributed by atoms with van der Waals surface area (Å²) in [4.78, 5) is 57.1. The van der Waals surface area contributed by atoms with Gasteiger partial charge in [0.25, 0.3) is 0 Å². The first-order valence-electron chi connectivity index (χ1n) is 13.4. The van der Waals surface area contributed by atoms with Gasteiger partial charge in [0, 0.05) is 33.0 Å². The topological polar surface area (TPSA) is 173 Å². The zero-order chi connectivity index (χ0) is 29.7. The van der Waals surface area contributed by atoms with Crippen molar-refractivity contribution in [2.45, 2.75) is 84.3 Å². The van der Waals surface area contributed by atoms with Gasteiger partial charge in [-0.25, -0.2) is 4.79 Å². The van der Waals surface area contributed by atoms with Crippen LogP contribution in [0.25, 0.3) is 0 Å². The molecule has 0 aromatic heterocycles. The first-order valence-corrected chi connectivity index (χ1v) is 13.4. The van der Waals surface area contributed by atoms with Gasteiger partial charge in [0.2, 0.25) is 23.6 Å². The second-order valence-electron chi connectivity index (χ2n) is 10.3. The molecule has 5 amide bonds. The van der Waals surface area contributed by atoms with Crippen LogP contribution in [0.3, 0.4) is 0 Å². The van der Waals surface area contributed by atoms with Crippen molar-refractivity contribution in [2.24, 2.45) is 0 Å². The van der Waals surface area contributed by atoms with Crippen molar-refractivity contribution in [3.05, 3.63) is 0 Å². The van der Waals surface area contributed by atoms with Crippen molar-refractivity contribution in [1.82, 2.24) is 26.6 Å². The number of carbonyl (C=O) groups excluding carboxylic acids is 5. The molecule has 0 aromatic carbocycles. The van der Waals surface area contributed by atoms with E-state index in [9.17, 15) is 24.0 Å². The first-order chi connectivity index (χ1) is 18.3. The molecule has 0 rings (SSSR count). The largest absolute Gasteiger partial charge is 0.453 e. The van der Waals surface area contributed by atoms with Gasteiger partial charge in [-0.05, 0) is 53.4 Å². The fourth-order valence-corrected chi connectivity index (χ4v) is 3.19.